The molecule has 0 aliphatic heterocycles. The van der Waals surface area contributed by atoms with Gasteiger partial charge in [-0.15, -0.1) is 11.3 Å². The maximum absolute atomic E-state index is 5.36. The summed E-state index contributed by atoms with van der Waals surface area (Å²) in [6.45, 7) is 4.09. The molecule has 1 aromatic heterocycles. The van der Waals surface area contributed by atoms with E-state index in [2.05, 4.69) is 15.7 Å². The molecule has 0 saturated heterocycles. The third-order valence-electron chi connectivity index (χ3n) is 2.11. The van der Waals surface area contributed by atoms with Crippen LogP contribution in [0.4, 0.5) is 0 Å². The molecule has 0 unspecified atom stereocenters. The van der Waals surface area contributed by atoms with Gasteiger partial charge in [0.05, 0.1) is 24.4 Å². The number of methoxy groups -OCH3 is 1. The van der Waals surface area contributed by atoms with E-state index in [1.54, 1.807) is 18.4 Å². The van der Waals surface area contributed by atoms with Crippen LogP contribution in [0.25, 0.3) is 0 Å². The van der Waals surface area contributed by atoms with Gasteiger partial charge in [0.15, 0.2) is 0 Å². The monoisotopic (exact) mass is 244 g/mol. The number of thiazole rings is 1. The number of nitrogens with one attached hydrogen (secondary N) is 1. The number of rotatable bonds is 10. The van der Waals surface area contributed by atoms with E-state index in [0.29, 0.717) is 13.2 Å². The summed E-state index contributed by atoms with van der Waals surface area (Å²) in [5.74, 6) is 0. The minimum atomic E-state index is 0.683. The summed E-state index contributed by atoms with van der Waals surface area (Å²) in [5, 5.41) is 5.42. The summed E-state index contributed by atoms with van der Waals surface area (Å²) in [4.78, 5) is 4.20. The molecule has 1 aromatic rings. The molecule has 0 bridgehead atoms. The maximum atomic E-state index is 5.36. The van der Waals surface area contributed by atoms with Gasteiger partial charge in [-0.25, -0.2) is 4.98 Å². The van der Waals surface area contributed by atoms with E-state index in [1.807, 2.05) is 5.51 Å². The first kappa shape index (κ1) is 13.6. The molecule has 1 N–H and O–H groups in total. The average molecular weight is 244 g/mol. The molecule has 1 heterocycles. The van der Waals surface area contributed by atoms with E-state index in [1.165, 1.54) is 0 Å². The summed E-state index contributed by atoms with van der Waals surface area (Å²) in [5.41, 5.74) is 2.99. The van der Waals surface area contributed by atoms with Gasteiger partial charge in [0.1, 0.15) is 0 Å². The highest BCUT2D eigenvalue weighted by atomic mass is 32.1. The minimum absolute atomic E-state index is 0.683. The SMILES string of the molecule is COCCOCCCCNCc1cscn1. The Bertz CT molecular complexity index is 242. The highest BCUT2D eigenvalue weighted by Gasteiger charge is 1.94. The number of nitrogens with zero attached hydrogens (tertiary/aromatic N) is 1. The maximum Gasteiger partial charge on any atom is 0.0795 e. The highest BCUT2D eigenvalue weighted by Crippen LogP contribution is 1.99. The molecule has 0 amide bonds. The first-order valence-corrected chi connectivity index (χ1v) is 6.52. The lowest BCUT2D eigenvalue weighted by Gasteiger charge is -2.04. The summed E-state index contributed by atoms with van der Waals surface area (Å²) >= 11 is 1.64. The Labute approximate surface area is 101 Å². The van der Waals surface area contributed by atoms with E-state index in [0.717, 1.165) is 38.2 Å². The van der Waals surface area contributed by atoms with Crippen molar-refractivity contribution in [1.82, 2.24) is 10.3 Å². The number of hydrogen-bond donors (Lipinski definition) is 1. The van der Waals surface area contributed by atoms with Crippen LogP contribution in [0.1, 0.15) is 18.5 Å². The Hall–Kier alpha value is -0.490. The summed E-state index contributed by atoms with van der Waals surface area (Å²) < 4.78 is 10.2. The van der Waals surface area contributed by atoms with Crippen molar-refractivity contribution >= 4 is 11.3 Å². The number of ether oxygens (including phenoxy) is 2. The van der Waals surface area contributed by atoms with E-state index < -0.39 is 0 Å². The molecule has 16 heavy (non-hydrogen) atoms. The van der Waals surface area contributed by atoms with Gasteiger partial charge >= 0.3 is 0 Å². The fourth-order valence-corrected chi connectivity index (χ4v) is 1.80. The van der Waals surface area contributed by atoms with Crippen LogP contribution in [0, 0.1) is 0 Å². The van der Waals surface area contributed by atoms with Crippen molar-refractivity contribution in [2.24, 2.45) is 0 Å². The lowest BCUT2D eigenvalue weighted by atomic mass is 10.3. The standard InChI is InChI=1S/C11H20N2O2S/c1-14-6-7-15-5-3-2-4-12-8-11-9-16-10-13-11/h9-10,12H,2-8H2,1H3. The normalized spacial score (nSPS) is 10.8. The second-order valence-corrected chi connectivity index (χ2v) is 4.19. The second-order valence-electron chi connectivity index (χ2n) is 3.47. The number of aromatic nitrogens is 1. The molecule has 0 spiro atoms. The molecule has 1 rings (SSSR count). The quantitative estimate of drug-likeness (QED) is 0.636. The fourth-order valence-electron chi connectivity index (χ4n) is 1.24. The van der Waals surface area contributed by atoms with E-state index in [-0.39, 0.29) is 0 Å². The summed E-state index contributed by atoms with van der Waals surface area (Å²) in [6, 6.07) is 0. The van der Waals surface area contributed by atoms with Crippen LogP contribution >= 0.6 is 11.3 Å². The largest absolute Gasteiger partial charge is 0.382 e. The molecule has 0 aliphatic rings. The number of hydrogen-bond acceptors (Lipinski definition) is 5. The molecule has 5 heteroatoms. The number of unbranched alkanes of at least 4 members (excludes halogenated alkanes) is 1. The van der Waals surface area contributed by atoms with Crippen LogP contribution in [-0.2, 0) is 16.0 Å². The second kappa shape index (κ2) is 9.72. The Morgan fingerprint density at radius 3 is 3.00 bits per heavy atom. The average Bonchev–Trinajstić information content (AvgIpc) is 2.80. The zero-order valence-corrected chi connectivity index (χ0v) is 10.6. The Balaban J connectivity index is 1.78. The molecule has 4 nitrogen and oxygen atoms in total. The molecule has 0 radical (unpaired) electrons. The van der Waals surface area contributed by atoms with E-state index >= 15 is 0 Å². The molecule has 0 aliphatic carbocycles. The molecular formula is C11H20N2O2S. The third kappa shape index (κ3) is 6.90. The zero-order chi connectivity index (χ0) is 11.5. The topological polar surface area (TPSA) is 43.4 Å². The van der Waals surface area contributed by atoms with E-state index in [4.69, 9.17) is 9.47 Å². The van der Waals surface area contributed by atoms with Crippen molar-refractivity contribution in [2.45, 2.75) is 19.4 Å². The van der Waals surface area contributed by atoms with Crippen molar-refractivity contribution in [3.05, 3.63) is 16.6 Å². The van der Waals surface area contributed by atoms with Gasteiger partial charge in [0.25, 0.3) is 0 Å². The lowest BCUT2D eigenvalue weighted by molar-refractivity contribution is 0.0688. The zero-order valence-electron chi connectivity index (χ0n) is 9.78. The molecule has 0 saturated carbocycles. The van der Waals surface area contributed by atoms with Crippen LogP contribution in [0.15, 0.2) is 10.9 Å². The van der Waals surface area contributed by atoms with Crippen molar-refractivity contribution < 1.29 is 9.47 Å². The van der Waals surface area contributed by atoms with Crippen molar-refractivity contribution in [1.29, 1.82) is 0 Å². The van der Waals surface area contributed by atoms with Crippen LogP contribution in [0.2, 0.25) is 0 Å². The smallest absolute Gasteiger partial charge is 0.0795 e. The Morgan fingerprint density at radius 2 is 2.25 bits per heavy atom. The Kier molecular flexibility index (Phi) is 8.24. The predicted octanol–water partition coefficient (Wildman–Crippen LogP) is 1.68. The van der Waals surface area contributed by atoms with Gasteiger partial charge in [-0.1, -0.05) is 0 Å². The Morgan fingerprint density at radius 1 is 1.31 bits per heavy atom. The van der Waals surface area contributed by atoms with Crippen molar-refractivity contribution in [3.63, 3.8) is 0 Å². The van der Waals surface area contributed by atoms with E-state index in [9.17, 15) is 0 Å². The summed E-state index contributed by atoms with van der Waals surface area (Å²) in [7, 11) is 1.69. The van der Waals surface area contributed by atoms with Crippen molar-refractivity contribution in [2.75, 3.05) is 33.5 Å². The van der Waals surface area contributed by atoms with Gasteiger partial charge in [0.2, 0.25) is 0 Å². The van der Waals surface area contributed by atoms with Crippen LogP contribution in [0.5, 0.6) is 0 Å². The van der Waals surface area contributed by atoms with Gasteiger partial charge in [0, 0.05) is 25.6 Å². The lowest BCUT2D eigenvalue weighted by Crippen LogP contribution is -2.15. The van der Waals surface area contributed by atoms with Gasteiger partial charge in [-0.2, -0.15) is 0 Å². The van der Waals surface area contributed by atoms with Crippen molar-refractivity contribution in [3.8, 4) is 0 Å². The van der Waals surface area contributed by atoms with Gasteiger partial charge in [-0.05, 0) is 19.4 Å². The predicted molar refractivity (Wildman–Crippen MR) is 65.7 cm³/mol. The highest BCUT2D eigenvalue weighted by molar-refractivity contribution is 7.07. The first-order valence-electron chi connectivity index (χ1n) is 5.58. The third-order valence-corrected chi connectivity index (χ3v) is 2.75. The van der Waals surface area contributed by atoms with Gasteiger partial charge < -0.3 is 14.8 Å². The van der Waals surface area contributed by atoms with Crippen LogP contribution in [0.3, 0.4) is 0 Å². The molecule has 0 atom stereocenters. The molecular weight excluding hydrogens is 224 g/mol. The first-order chi connectivity index (χ1) is 7.93. The minimum Gasteiger partial charge on any atom is -0.382 e. The molecule has 92 valence electrons. The fraction of sp³-hybridized carbons (Fsp3) is 0.727. The van der Waals surface area contributed by atoms with Crippen LogP contribution < -0.4 is 5.32 Å². The van der Waals surface area contributed by atoms with Gasteiger partial charge in [-0.3, -0.25) is 0 Å². The van der Waals surface area contributed by atoms with Crippen LogP contribution in [-0.4, -0.2) is 38.5 Å². The molecule has 0 aromatic carbocycles. The summed E-state index contributed by atoms with van der Waals surface area (Å²) in [6.07, 6.45) is 2.23. The molecule has 0 fully saturated rings.